The van der Waals surface area contributed by atoms with E-state index in [1.54, 1.807) is 0 Å². The number of fused-ring (bicyclic) bond motifs is 2. The van der Waals surface area contributed by atoms with E-state index in [2.05, 4.69) is 27.7 Å². The summed E-state index contributed by atoms with van der Waals surface area (Å²) in [5.74, 6) is 0.813. The zero-order chi connectivity index (χ0) is 21.9. The Bertz CT molecular complexity index is 892. The molecule has 0 N–H and O–H groups in total. The van der Waals surface area contributed by atoms with Gasteiger partial charge in [0.15, 0.2) is 5.60 Å². The van der Waals surface area contributed by atoms with Crippen LogP contribution in [0.5, 0.6) is 0 Å². The Labute approximate surface area is 184 Å². The van der Waals surface area contributed by atoms with E-state index in [0.29, 0.717) is 18.9 Å². The molecule has 3 aliphatic carbocycles. The zero-order valence-electron chi connectivity index (χ0n) is 19.2. The van der Waals surface area contributed by atoms with Crippen molar-refractivity contribution in [2.75, 3.05) is 6.61 Å². The first-order valence-corrected chi connectivity index (χ1v) is 12.2. The summed E-state index contributed by atoms with van der Waals surface area (Å²) in [5.41, 5.74) is 0.918. The fraction of sp³-hybridized carbons (Fsp3) is 0.840. The normalized spacial score (nSPS) is 51.2. The van der Waals surface area contributed by atoms with Gasteiger partial charge in [-0.15, -0.1) is 0 Å². The molecule has 4 fully saturated rings. The van der Waals surface area contributed by atoms with Crippen LogP contribution in [0.4, 0.5) is 0 Å². The summed E-state index contributed by atoms with van der Waals surface area (Å²) < 4.78 is 25.1. The SMILES string of the molecule is CCCC(=O)O[C@@H]1C(C(C)C)[C@@H](C)[C@H]2O[C@@]23[C@@]2(C)CCC4=C(COC4=O)C2CC2O[C@]213. The van der Waals surface area contributed by atoms with Crippen LogP contribution in [0.15, 0.2) is 11.1 Å². The van der Waals surface area contributed by atoms with E-state index in [9.17, 15) is 9.59 Å². The average Bonchev–Trinajstić information content (AvgIpc) is 3.59. The van der Waals surface area contributed by atoms with Crippen LogP contribution in [0, 0.1) is 29.1 Å². The molecule has 2 saturated heterocycles. The summed E-state index contributed by atoms with van der Waals surface area (Å²) in [7, 11) is 0. The van der Waals surface area contributed by atoms with Crippen LogP contribution in [-0.2, 0) is 28.5 Å². The number of cyclic esters (lactones) is 1. The first-order chi connectivity index (χ1) is 14.7. The second kappa shape index (κ2) is 6.13. The summed E-state index contributed by atoms with van der Waals surface area (Å²) in [4.78, 5) is 25.0. The van der Waals surface area contributed by atoms with Crippen LogP contribution in [0.1, 0.15) is 66.7 Å². The molecular formula is C25H34O6. The Balaban J connectivity index is 1.44. The predicted octanol–water partition coefficient (Wildman–Crippen LogP) is 3.57. The number of ether oxygens (including phenoxy) is 4. The number of epoxide rings is 2. The number of carbonyl (C=O) groups is 2. The van der Waals surface area contributed by atoms with Crippen molar-refractivity contribution in [3.63, 3.8) is 0 Å². The summed E-state index contributed by atoms with van der Waals surface area (Å²) in [5, 5.41) is 0. The Kier molecular flexibility index (Phi) is 4.00. The Hall–Kier alpha value is -1.40. The lowest BCUT2D eigenvalue weighted by atomic mass is 9.45. The van der Waals surface area contributed by atoms with Gasteiger partial charge in [-0.3, -0.25) is 4.79 Å². The maximum Gasteiger partial charge on any atom is 0.334 e. The number of esters is 2. The minimum absolute atomic E-state index is 0.00584. The highest BCUT2D eigenvalue weighted by Gasteiger charge is 2.94. The standard InChI is InChI=1S/C25H34O6/c1-6-7-18(26)29-21-19(12(2)3)13(4)20-25(31-20)23(5)9-8-14-15(11-28-22(14)27)16(23)10-17-24(21,25)30-17/h12-13,16-17,19-21H,6-11H2,1-5H3/t13-,16?,17?,19?,20-,21-,23+,24-,25-/m1/s1. The van der Waals surface area contributed by atoms with Crippen LogP contribution in [-0.4, -0.2) is 48.1 Å². The average molecular weight is 431 g/mol. The van der Waals surface area contributed by atoms with Gasteiger partial charge in [-0.25, -0.2) is 4.79 Å². The van der Waals surface area contributed by atoms with Crippen LogP contribution in [0.3, 0.4) is 0 Å². The van der Waals surface area contributed by atoms with Crippen molar-refractivity contribution < 1.29 is 28.5 Å². The fourth-order valence-corrected chi connectivity index (χ4v) is 8.39. The molecule has 6 rings (SSSR count). The molecule has 0 aromatic carbocycles. The van der Waals surface area contributed by atoms with E-state index in [4.69, 9.17) is 18.9 Å². The van der Waals surface area contributed by atoms with E-state index in [1.807, 2.05) is 6.92 Å². The molecule has 3 heterocycles. The molecule has 0 aromatic heterocycles. The van der Waals surface area contributed by atoms with Gasteiger partial charge >= 0.3 is 11.9 Å². The molecule has 0 bridgehead atoms. The van der Waals surface area contributed by atoms with Crippen LogP contribution < -0.4 is 0 Å². The van der Waals surface area contributed by atoms with Crippen molar-refractivity contribution in [2.24, 2.45) is 29.1 Å². The third kappa shape index (κ3) is 2.17. The van der Waals surface area contributed by atoms with Crippen LogP contribution in [0.25, 0.3) is 0 Å². The molecule has 170 valence electrons. The lowest BCUT2D eigenvalue weighted by Crippen LogP contribution is -2.68. The van der Waals surface area contributed by atoms with Gasteiger partial charge in [0, 0.05) is 23.3 Å². The van der Waals surface area contributed by atoms with E-state index >= 15 is 0 Å². The number of hydrogen-bond donors (Lipinski definition) is 0. The molecule has 6 nitrogen and oxygen atoms in total. The summed E-state index contributed by atoms with van der Waals surface area (Å²) in [6, 6.07) is 0. The van der Waals surface area contributed by atoms with E-state index in [0.717, 1.165) is 31.3 Å². The van der Waals surface area contributed by atoms with Gasteiger partial charge in [0.1, 0.15) is 18.3 Å². The predicted molar refractivity (Wildman–Crippen MR) is 111 cm³/mol. The monoisotopic (exact) mass is 430 g/mol. The summed E-state index contributed by atoms with van der Waals surface area (Å²) in [6.07, 6.45) is 3.52. The number of rotatable bonds is 4. The van der Waals surface area contributed by atoms with Crippen molar-refractivity contribution >= 4 is 11.9 Å². The number of hydrogen-bond acceptors (Lipinski definition) is 6. The maximum atomic E-state index is 12.7. The second-order valence-corrected chi connectivity index (χ2v) is 11.3. The fourth-order valence-electron chi connectivity index (χ4n) is 8.39. The van der Waals surface area contributed by atoms with Gasteiger partial charge in [0.25, 0.3) is 0 Å². The van der Waals surface area contributed by atoms with Crippen LogP contribution in [0.2, 0.25) is 0 Å². The lowest BCUT2D eigenvalue weighted by Gasteiger charge is -2.55. The molecule has 6 aliphatic rings. The summed E-state index contributed by atoms with van der Waals surface area (Å²) >= 11 is 0. The van der Waals surface area contributed by atoms with Gasteiger partial charge in [0.05, 0.1) is 12.2 Å². The van der Waals surface area contributed by atoms with Crippen LogP contribution >= 0.6 is 0 Å². The first-order valence-electron chi connectivity index (χ1n) is 12.2. The van der Waals surface area contributed by atoms with E-state index < -0.39 is 11.2 Å². The van der Waals surface area contributed by atoms with Crippen molar-refractivity contribution in [3.8, 4) is 0 Å². The Morgan fingerprint density at radius 3 is 2.77 bits per heavy atom. The van der Waals surface area contributed by atoms with Gasteiger partial charge in [-0.05, 0) is 49.0 Å². The molecule has 0 amide bonds. The third-order valence-electron chi connectivity index (χ3n) is 9.71. The molecule has 31 heavy (non-hydrogen) atoms. The lowest BCUT2D eigenvalue weighted by molar-refractivity contribution is -0.172. The molecule has 3 aliphatic heterocycles. The molecule has 3 unspecified atom stereocenters. The Morgan fingerprint density at radius 1 is 1.29 bits per heavy atom. The molecule has 0 aromatic rings. The molecular weight excluding hydrogens is 396 g/mol. The molecule has 0 radical (unpaired) electrons. The topological polar surface area (TPSA) is 77.7 Å². The van der Waals surface area contributed by atoms with Crippen molar-refractivity contribution in [1.29, 1.82) is 0 Å². The first kappa shape index (κ1) is 20.2. The van der Waals surface area contributed by atoms with Gasteiger partial charge in [-0.1, -0.05) is 34.6 Å². The Morgan fingerprint density at radius 2 is 2.06 bits per heavy atom. The van der Waals surface area contributed by atoms with Crippen molar-refractivity contribution in [2.45, 2.75) is 96.2 Å². The van der Waals surface area contributed by atoms with Gasteiger partial charge in [-0.2, -0.15) is 0 Å². The highest BCUT2D eigenvalue weighted by Crippen LogP contribution is 2.80. The molecule has 2 spiro atoms. The van der Waals surface area contributed by atoms with Gasteiger partial charge < -0.3 is 18.9 Å². The maximum absolute atomic E-state index is 12.7. The number of carbonyl (C=O) groups excluding carboxylic acids is 2. The largest absolute Gasteiger partial charge is 0.459 e. The highest BCUT2D eigenvalue weighted by molar-refractivity contribution is 5.92. The molecule has 6 heteroatoms. The minimum Gasteiger partial charge on any atom is -0.459 e. The quantitative estimate of drug-likeness (QED) is 0.501. The summed E-state index contributed by atoms with van der Waals surface area (Å²) in [6.45, 7) is 11.4. The van der Waals surface area contributed by atoms with E-state index in [-0.39, 0.29) is 53.4 Å². The molecule has 2 saturated carbocycles. The van der Waals surface area contributed by atoms with Crippen molar-refractivity contribution in [1.82, 2.24) is 0 Å². The zero-order valence-corrected chi connectivity index (χ0v) is 19.2. The van der Waals surface area contributed by atoms with E-state index in [1.165, 1.54) is 5.57 Å². The minimum atomic E-state index is -0.546. The smallest absolute Gasteiger partial charge is 0.334 e. The highest BCUT2D eigenvalue weighted by atomic mass is 16.7. The second-order valence-electron chi connectivity index (χ2n) is 11.3. The van der Waals surface area contributed by atoms with Crippen molar-refractivity contribution in [3.05, 3.63) is 11.1 Å². The third-order valence-corrected chi connectivity index (χ3v) is 9.71. The van der Waals surface area contributed by atoms with Gasteiger partial charge in [0.2, 0.25) is 0 Å². The molecule has 9 atom stereocenters.